The SMILES string of the molecule is COc1ccc2nc(C(F)(F)F)n(CC(=O)N3CC[C@H](N(C)Cc4nccs4)C[C@H]3c3ncc(-c4cc5ccccc5nc4OC)[nH]3)c2c1. The Bertz CT molecular complexity index is 2110. The number of para-hydroxylation sites is 1. The first-order valence-electron chi connectivity index (χ1n) is 15.6. The molecule has 15 heteroatoms. The van der Waals surface area contributed by atoms with Gasteiger partial charge in [-0.1, -0.05) is 18.2 Å². The molecule has 11 nitrogen and oxygen atoms in total. The van der Waals surface area contributed by atoms with Gasteiger partial charge in [0.1, 0.15) is 23.1 Å². The molecule has 7 rings (SSSR count). The van der Waals surface area contributed by atoms with Gasteiger partial charge in [0.2, 0.25) is 17.6 Å². The highest BCUT2D eigenvalue weighted by molar-refractivity contribution is 7.09. The molecule has 4 aromatic heterocycles. The summed E-state index contributed by atoms with van der Waals surface area (Å²) in [6, 6.07) is 13.6. The van der Waals surface area contributed by atoms with Crippen LogP contribution < -0.4 is 9.47 Å². The number of carbonyl (C=O) groups is 1. The van der Waals surface area contributed by atoms with Gasteiger partial charge in [0.25, 0.3) is 0 Å². The van der Waals surface area contributed by atoms with Crippen LogP contribution in [-0.2, 0) is 24.1 Å². The molecule has 1 N–H and O–H groups in total. The maximum absolute atomic E-state index is 14.2. The number of halogens is 3. The number of H-pyrrole nitrogens is 1. The lowest BCUT2D eigenvalue weighted by Gasteiger charge is -2.41. The van der Waals surface area contributed by atoms with E-state index in [2.05, 4.69) is 24.8 Å². The Balaban J connectivity index is 1.24. The summed E-state index contributed by atoms with van der Waals surface area (Å²) in [5, 5.41) is 3.81. The van der Waals surface area contributed by atoms with Crippen LogP contribution in [0.15, 0.2) is 66.3 Å². The standard InChI is InChI=1S/C34H33F3N8O3S/c1-43(18-29-38-11-13-49-29)21-10-12-44(30(46)19-45-27-16-22(47-2)8-9-25(27)42-33(45)34(35,36)37)28(15-21)31-39-17-26(40-31)23-14-20-6-4-5-7-24(20)41-32(23)48-3/h4-9,11,13-14,16-17,21,28H,10,12,15,18-19H2,1-3H3,(H,39,40)/t21-,28-/m0/s1. The molecule has 254 valence electrons. The summed E-state index contributed by atoms with van der Waals surface area (Å²) in [6.07, 6.45) is -0.223. The van der Waals surface area contributed by atoms with Gasteiger partial charge in [0, 0.05) is 35.6 Å². The predicted molar refractivity (Wildman–Crippen MR) is 178 cm³/mol. The Morgan fingerprint density at radius 3 is 2.67 bits per heavy atom. The van der Waals surface area contributed by atoms with Crippen LogP contribution in [0.4, 0.5) is 13.2 Å². The largest absolute Gasteiger partial charge is 0.497 e. The minimum absolute atomic E-state index is 0.0486. The van der Waals surface area contributed by atoms with Gasteiger partial charge in [-0.2, -0.15) is 13.2 Å². The normalized spacial score (nSPS) is 16.9. The van der Waals surface area contributed by atoms with Crippen LogP contribution in [0, 0.1) is 0 Å². The number of nitrogens with one attached hydrogen (secondary N) is 1. The number of methoxy groups -OCH3 is 2. The number of pyridine rings is 1. The zero-order chi connectivity index (χ0) is 34.3. The number of alkyl halides is 3. The molecule has 0 unspecified atom stereocenters. The predicted octanol–water partition coefficient (Wildman–Crippen LogP) is 6.33. The maximum atomic E-state index is 14.2. The van der Waals surface area contributed by atoms with Crippen molar-refractivity contribution in [3.8, 4) is 22.9 Å². The van der Waals surface area contributed by atoms with E-state index in [1.807, 2.05) is 42.8 Å². The number of aromatic nitrogens is 6. The van der Waals surface area contributed by atoms with E-state index in [-0.39, 0.29) is 17.1 Å². The number of amides is 1. The summed E-state index contributed by atoms with van der Waals surface area (Å²) in [5.74, 6) is -0.345. The average molecular weight is 691 g/mol. The second-order valence-electron chi connectivity index (χ2n) is 11.9. The fourth-order valence-corrected chi connectivity index (χ4v) is 7.18. The lowest BCUT2D eigenvalue weighted by Crippen LogP contribution is -2.48. The number of piperidine rings is 1. The number of fused-ring (bicyclic) bond motifs is 2. The number of hydrogen-bond acceptors (Lipinski definition) is 9. The number of thiazole rings is 1. The number of aromatic amines is 1. The van der Waals surface area contributed by atoms with Crippen LogP contribution in [0.25, 0.3) is 33.2 Å². The van der Waals surface area contributed by atoms with Crippen molar-refractivity contribution in [2.45, 2.75) is 44.2 Å². The van der Waals surface area contributed by atoms with Gasteiger partial charge in [-0.15, -0.1) is 11.3 Å². The zero-order valence-electron chi connectivity index (χ0n) is 26.9. The lowest BCUT2D eigenvalue weighted by molar-refractivity contribution is -0.148. The number of benzene rings is 2. The molecular weight excluding hydrogens is 657 g/mol. The minimum Gasteiger partial charge on any atom is -0.497 e. The molecule has 0 aliphatic carbocycles. The van der Waals surface area contributed by atoms with Crippen LogP contribution in [0.2, 0.25) is 0 Å². The van der Waals surface area contributed by atoms with Gasteiger partial charge in [0.05, 0.1) is 60.8 Å². The summed E-state index contributed by atoms with van der Waals surface area (Å²) in [6.45, 7) is 0.374. The number of ether oxygens (including phenoxy) is 2. The number of rotatable bonds is 9. The third-order valence-electron chi connectivity index (χ3n) is 8.97. The Morgan fingerprint density at radius 2 is 1.92 bits per heavy atom. The van der Waals surface area contributed by atoms with E-state index in [0.29, 0.717) is 54.6 Å². The van der Waals surface area contributed by atoms with Crippen molar-refractivity contribution in [3.05, 3.63) is 83.0 Å². The monoisotopic (exact) mass is 690 g/mol. The van der Waals surface area contributed by atoms with Crippen molar-refractivity contribution in [3.63, 3.8) is 0 Å². The van der Waals surface area contributed by atoms with Crippen molar-refractivity contribution >= 4 is 39.2 Å². The Morgan fingerprint density at radius 1 is 1.08 bits per heavy atom. The van der Waals surface area contributed by atoms with Crippen LogP contribution >= 0.6 is 11.3 Å². The molecule has 1 fully saturated rings. The lowest BCUT2D eigenvalue weighted by atomic mass is 9.95. The molecule has 2 atom stereocenters. The van der Waals surface area contributed by atoms with Crippen molar-refractivity contribution in [2.24, 2.45) is 0 Å². The summed E-state index contributed by atoms with van der Waals surface area (Å²) >= 11 is 1.57. The van der Waals surface area contributed by atoms with Crippen LogP contribution in [0.1, 0.15) is 35.5 Å². The molecule has 2 aromatic carbocycles. The first kappa shape index (κ1) is 32.5. The number of hydrogen-bond donors (Lipinski definition) is 1. The van der Waals surface area contributed by atoms with Crippen LogP contribution in [0.5, 0.6) is 11.6 Å². The molecule has 0 spiro atoms. The van der Waals surface area contributed by atoms with Crippen molar-refractivity contribution < 1.29 is 27.4 Å². The molecule has 0 radical (unpaired) electrons. The topological polar surface area (TPSA) is 114 Å². The minimum atomic E-state index is -4.78. The summed E-state index contributed by atoms with van der Waals surface area (Å²) in [4.78, 5) is 39.0. The van der Waals surface area contributed by atoms with Gasteiger partial charge in [0.15, 0.2) is 0 Å². The van der Waals surface area contributed by atoms with Gasteiger partial charge >= 0.3 is 6.18 Å². The molecule has 5 heterocycles. The molecule has 1 aliphatic rings. The van der Waals surface area contributed by atoms with E-state index < -0.39 is 30.5 Å². The Labute approximate surface area is 283 Å². The fourth-order valence-electron chi connectivity index (χ4n) is 6.50. The van der Waals surface area contributed by atoms with Gasteiger partial charge in [-0.3, -0.25) is 9.69 Å². The second-order valence-corrected chi connectivity index (χ2v) is 12.9. The quantitative estimate of drug-likeness (QED) is 0.187. The van der Waals surface area contributed by atoms with Gasteiger partial charge < -0.3 is 23.9 Å². The highest BCUT2D eigenvalue weighted by Gasteiger charge is 2.40. The molecule has 1 aliphatic heterocycles. The summed E-state index contributed by atoms with van der Waals surface area (Å²) in [5.41, 5.74) is 2.39. The average Bonchev–Trinajstić information content (AvgIpc) is 3.88. The number of imidazole rings is 2. The summed E-state index contributed by atoms with van der Waals surface area (Å²) in [7, 11) is 4.99. The highest BCUT2D eigenvalue weighted by atomic mass is 32.1. The van der Waals surface area contributed by atoms with E-state index in [9.17, 15) is 18.0 Å². The first-order valence-corrected chi connectivity index (χ1v) is 16.5. The Kier molecular flexibility index (Phi) is 8.71. The van der Waals surface area contributed by atoms with E-state index >= 15 is 0 Å². The van der Waals surface area contributed by atoms with E-state index in [4.69, 9.17) is 14.5 Å². The maximum Gasteiger partial charge on any atom is 0.449 e. The molecule has 49 heavy (non-hydrogen) atoms. The van der Waals surface area contributed by atoms with Crippen LogP contribution in [-0.4, -0.2) is 79.0 Å². The van der Waals surface area contributed by atoms with E-state index in [1.54, 1.807) is 41.8 Å². The zero-order valence-corrected chi connectivity index (χ0v) is 27.8. The Hall–Kier alpha value is -5.02. The molecule has 1 saturated heterocycles. The van der Waals surface area contributed by atoms with Gasteiger partial charge in [-0.05, 0) is 44.2 Å². The van der Waals surface area contributed by atoms with E-state index in [1.165, 1.54) is 19.2 Å². The van der Waals surface area contributed by atoms with Crippen molar-refractivity contribution in [1.82, 2.24) is 39.3 Å². The van der Waals surface area contributed by atoms with Gasteiger partial charge in [-0.25, -0.2) is 19.9 Å². The number of carbonyl (C=O) groups excluding carboxylic acids is 1. The second kappa shape index (κ2) is 13.1. The van der Waals surface area contributed by atoms with Crippen LogP contribution in [0.3, 0.4) is 0 Å². The molecule has 6 aromatic rings. The van der Waals surface area contributed by atoms with E-state index in [0.717, 1.165) is 20.5 Å². The number of nitrogens with zero attached hydrogens (tertiary/aromatic N) is 7. The summed E-state index contributed by atoms with van der Waals surface area (Å²) < 4.78 is 54.5. The smallest absolute Gasteiger partial charge is 0.449 e. The van der Waals surface area contributed by atoms with Crippen molar-refractivity contribution in [1.29, 1.82) is 0 Å². The third kappa shape index (κ3) is 6.43. The molecule has 1 amide bonds. The number of likely N-dealkylation sites (tertiary alicyclic amines) is 1. The molecule has 0 saturated carbocycles. The molecular formula is C34H33F3N8O3S. The third-order valence-corrected chi connectivity index (χ3v) is 9.74. The fraction of sp³-hybridized carbons (Fsp3) is 0.324. The van der Waals surface area contributed by atoms with Crippen molar-refractivity contribution in [2.75, 3.05) is 27.8 Å². The first-order chi connectivity index (χ1) is 23.6. The highest BCUT2D eigenvalue weighted by Crippen LogP contribution is 2.37. The molecule has 0 bridgehead atoms.